The number of hydrogen-bond acceptors (Lipinski definition) is 2. The number of aliphatic imine (C=N–C) groups is 1. The summed E-state index contributed by atoms with van der Waals surface area (Å²) < 4.78 is 0. The fourth-order valence-electron chi connectivity index (χ4n) is 0.762. The van der Waals surface area contributed by atoms with E-state index in [4.69, 9.17) is 11.6 Å². The van der Waals surface area contributed by atoms with Crippen LogP contribution in [0.1, 0.15) is 0 Å². The second-order valence-corrected chi connectivity index (χ2v) is 2.31. The molecule has 0 saturated carbocycles. The Bertz CT molecular complexity index is 295. The van der Waals surface area contributed by atoms with E-state index in [0.29, 0.717) is 10.8 Å². The highest BCUT2D eigenvalue weighted by molar-refractivity contribution is 6.30. The molecule has 1 aliphatic heterocycles. The van der Waals surface area contributed by atoms with Crippen LogP contribution < -0.4 is 5.32 Å². The van der Waals surface area contributed by atoms with E-state index in [1.807, 2.05) is 0 Å². The van der Waals surface area contributed by atoms with E-state index in [2.05, 4.69) is 15.3 Å². The molecule has 0 aliphatic carbocycles. The first kappa shape index (κ1) is 5.68. The van der Waals surface area contributed by atoms with E-state index >= 15 is 0 Å². The Morgan fingerprint density at radius 2 is 2.30 bits per heavy atom. The minimum atomic E-state index is 0.591. The quantitative estimate of drug-likeness (QED) is 0.557. The van der Waals surface area contributed by atoms with E-state index in [1.165, 1.54) is 6.34 Å². The molecule has 0 aromatic carbocycles. The monoisotopic (exact) mass is 152 g/mol. The highest BCUT2D eigenvalue weighted by atomic mass is 35.5. The predicted octanol–water partition coefficient (Wildman–Crippen LogP) is 1.64. The maximum atomic E-state index is 5.65. The first-order chi connectivity index (χ1) is 4.86. The summed E-state index contributed by atoms with van der Waals surface area (Å²) in [6.45, 7) is 0. The predicted molar refractivity (Wildman–Crippen MR) is 39.2 cm³/mol. The normalized spacial score (nSPS) is 12.9. The highest BCUT2D eigenvalue weighted by Crippen LogP contribution is 2.27. The Labute approximate surface area is 62.8 Å². The molecule has 1 aromatic rings. The van der Waals surface area contributed by atoms with Gasteiger partial charge in [0.25, 0.3) is 0 Å². The number of hydrogen-bond donors (Lipinski definition) is 0. The minimum Gasteiger partial charge on any atom is -0.234 e. The van der Waals surface area contributed by atoms with Crippen LogP contribution in [-0.2, 0) is 0 Å². The van der Waals surface area contributed by atoms with Gasteiger partial charge in [0.05, 0.1) is 5.02 Å². The van der Waals surface area contributed by atoms with E-state index < -0.39 is 0 Å². The van der Waals surface area contributed by atoms with Crippen LogP contribution in [0.25, 0.3) is 0 Å². The molecule has 2 heterocycles. The van der Waals surface area contributed by atoms with Crippen molar-refractivity contribution in [3.63, 3.8) is 0 Å². The Morgan fingerprint density at radius 3 is 3.20 bits per heavy atom. The highest BCUT2D eigenvalue weighted by Gasteiger charge is 2.07. The largest absolute Gasteiger partial charge is 0.234 e. The number of fused-ring (bicyclic) bond motifs is 1. The molecule has 1 aliphatic rings. The van der Waals surface area contributed by atoms with Crippen LogP contribution in [-0.4, -0.2) is 11.3 Å². The first-order valence-electron chi connectivity index (χ1n) is 2.75. The number of nitrogens with zero attached hydrogens (tertiary/aromatic N) is 3. The molecule has 4 heteroatoms. The van der Waals surface area contributed by atoms with Gasteiger partial charge in [-0.2, -0.15) is 0 Å². The van der Waals surface area contributed by atoms with Crippen LogP contribution in [0, 0.1) is 0 Å². The molecule has 0 saturated heterocycles. The summed E-state index contributed by atoms with van der Waals surface area (Å²) in [5.41, 5.74) is 0.743. The van der Waals surface area contributed by atoms with Crippen LogP contribution >= 0.6 is 11.6 Å². The zero-order valence-electron chi connectivity index (χ0n) is 4.95. The second-order valence-electron chi connectivity index (χ2n) is 1.87. The summed E-state index contributed by atoms with van der Waals surface area (Å²) in [6.07, 6.45) is 3.02. The van der Waals surface area contributed by atoms with Crippen molar-refractivity contribution >= 4 is 29.4 Å². The number of halogens is 1. The van der Waals surface area contributed by atoms with Crippen molar-refractivity contribution in [1.82, 2.24) is 10.3 Å². The van der Waals surface area contributed by atoms with Crippen molar-refractivity contribution in [2.24, 2.45) is 4.99 Å². The van der Waals surface area contributed by atoms with Gasteiger partial charge in [0.2, 0.25) is 0 Å². The zero-order chi connectivity index (χ0) is 6.97. The van der Waals surface area contributed by atoms with Gasteiger partial charge in [-0.1, -0.05) is 11.6 Å². The molecule has 1 aromatic heterocycles. The van der Waals surface area contributed by atoms with Crippen LogP contribution in [0.15, 0.2) is 17.3 Å². The molecular formula is C6H3ClN3. The summed E-state index contributed by atoms with van der Waals surface area (Å²) in [5.74, 6) is 0.643. The average molecular weight is 153 g/mol. The lowest BCUT2D eigenvalue weighted by atomic mass is 10.4. The summed E-state index contributed by atoms with van der Waals surface area (Å²) >= 11 is 5.65. The molecule has 49 valence electrons. The van der Waals surface area contributed by atoms with E-state index in [9.17, 15) is 0 Å². The van der Waals surface area contributed by atoms with Gasteiger partial charge in [0.15, 0.2) is 5.82 Å². The molecule has 0 N–H and O–H groups in total. The van der Waals surface area contributed by atoms with Gasteiger partial charge in [-0.15, -0.1) is 0 Å². The Hall–Kier alpha value is -1.09. The Kier molecular flexibility index (Phi) is 1.11. The number of pyridine rings is 1. The van der Waals surface area contributed by atoms with Crippen molar-refractivity contribution < 1.29 is 0 Å². The van der Waals surface area contributed by atoms with Gasteiger partial charge < -0.3 is 0 Å². The van der Waals surface area contributed by atoms with Gasteiger partial charge in [-0.25, -0.2) is 15.3 Å². The molecule has 2 rings (SSSR count). The van der Waals surface area contributed by atoms with E-state index in [-0.39, 0.29) is 0 Å². The van der Waals surface area contributed by atoms with Crippen molar-refractivity contribution in [3.8, 4) is 0 Å². The third-order valence-electron chi connectivity index (χ3n) is 1.19. The molecule has 3 nitrogen and oxygen atoms in total. The van der Waals surface area contributed by atoms with Crippen molar-refractivity contribution in [1.29, 1.82) is 0 Å². The molecule has 0 amide bonds. The number of aromatic nitrogens is 1. The first-order valence-corrected chi connectivity index (χ1v) is 3.13. The number of rotatable bonds is 0. The summed E-state index contributed by atoms with van der Waals surface area (Å²) in [7, 11) is 0. The van der Waals surface area contributed by atoms with Crippen LogP contribution in [0.4, 0.5) is 11.5 Å². The average Bonchev–Trinajstić information content (AvgIpc) is 2.33. The lowest BCUT2D eigenvalue weighted by Gasteiger charge is -1.92. The molecule has 0 unspecified atom stereocenters. The van der Waals surface area contributed by atoms with Crippen molar-refractivity contribution in [2.75, 3.05) is 0 Å². The molecular weight excluding hydrogens is 150 g/mol. The van der Waals surface area contributed by atoms with Crippen molar-refractivity contribution in [3.05, 3.63) is 17.3 Å². The lowest BCUT2D eigenvalue weighted by Crippen LogP contribution is -1.87. The fraction of sp³-hybridized carbons (Fsp3) is 0. The van der Waals surface area contributed by atoms with Gasteiger partial charge in [0, 0.05) is 6.20 Å². The van der Waals surface area contributed by atoms with Crippen LogP contribution in [0.5, 0.6) is 0 Å². The van der Waals surface area contributed by atoms with Gasteiger partial charge in [-0.3, -0.25) is 0 Å². The van der Waals surface area contributed by atoms with Crippen molar-refractivity contribution in [2.45, 2.75) is 0 Å². The minimum absolute atomic E-state index is 0.591. The summed E-state index contributed by atoms with van der Waals surface area (Å²) in [4.78, 5) is 7.86. The molecule has 1 radical (unpaired) electrons. The van der Waals surface area contributed by atoms with Gasteiger partial charge >= 0.3 is 0 Å². The zero-order valence-corrected chi connectivity index (χ0v) is 5.71. The standard InChI is InChI=1S/C6H3ClN3/c7-4-1-5-6(8-2-4)10-3-9-5/h1-3H. The topological polar surface area (TPSA) is 39.4 Å². The molecule has 10 heavy (non-hydrogen) atoms. The SMILES string of the molecule is Clc1cnc2c(c1)N=C[N]2. The smallest absolute Gasteiger partial charge is 0.179 e. The third kappa shape index (κ3) is 0.752. The summed E-state index contributed by atoms with van der Waals surface area (Å²) in [5, 5.41) is 4.47. The molecule has 0 fully saturated rings. The van der Waals surface area contributed by atoms with Gasteiger partial charge in [0.1, 0.15) is 12.0 Å². The third-order valence-corrected chi connectivity index (χ3v) is 1.40. The van der Waals surface area contributed by atoms with E-state index in [0.717, 1.165) is 5.69 Å². The second kappa shape index (κ2) is 1.95. The Morgan fingerprint density at radius 1 is 1.40 bits per heavy atom. The summed E-state index contributed by atoms with van der Waals surface area (Å²) in [6, 6.07) is 1.73. The molecule has 0 spiro atoms. The maximum Gasteiger partial charge on any atom is 0.179 e. The molecule has 0 bridgehead atoms. The van der Waals surface area contributed by atoms with Crippen LogP contribution in [0.3, 0.4) is 0 Å². The van der Waals surface area contributed by atoms with E-state index in [1.54, 1.807) is 12.3 Å². The lowest BCUT2D eigenvalue weighted by molar-refractivity contribution is 1.20. The molecule has 0 atom stereocenters. The fourth-order valence-corrected chi connectivity index (χ4v) is 0.914. The van der Waals surface area contributed by atoms with Crippen LogP contribution in [0.2, 0.25) is 5.02 Å². The Balaban J connectivity index is 2.60. The van der Waals surface area contributed by atoms with Gasteiger partial charge in [-0.05, 0) is 6.07 Å². The maximum absolute atomic E-state index is 5.65.